The zero-order chi connectivity index (χ0) is 15.9. The van der Waals surface area contributed by atoms with Gasteiger partial charge in [-0.3, -0.25) is 0 Å². The van der Waals surface area contributed by atoms with Crippen LogP contribution in [0, 0.1) is 5.92 Å². The lowest BCUT2D eigenvalue weighted by atomic mass is 10.2. The second kappa shape index (κ2) is 8.85. The number of carbonyl (C=O) groups excluding carboxylic acids is 1. The Balaban J connectivity index is 1.34. The van der Waals surface area contributed by atoms with Gasteiger partial charge in [0, 0.05) is 37.0 Å². The summed E-state index contributed by atoms with van der Waals surface area (Å²) in [5, 5.41) is 5.80. The Bertz CT molecular complexity index is 517. The molecular formula is C17H24N2O2S2. The fraction of sp³-hybridized carbons (Fsp3) is 0.588. The first-order chi connectivity index (χ1) is 11.3. The summed E-state index contributed by atoms with van der Waals surface area (Å²) in [4.78, 5) is 11.9. The van der Waals surface area contributed by atoms with Gasteiger partial charge in [-0.25, -0.2) is 4.79 Å². The average Bonchev–Trinajstić information content (AvgIpc) is 3.21. The molecule has 1 saturated carbocycles. The quantitative estimate of drug-likeness (QED) is 0.692. The van der Waals surface area contributed by atoms with Crippen LogP contribution in [0.5, 0.6) is 0 Å². The van der Waals surface area contributed by atoms with Crippen molar-refractivity contribution in [1.29, 1.82) is 0 Å². The number of amides is 2. The van der Waals surface area contributed by atoms with Gasteiger partial charge >= 0.3 is 6.03 Å². The summed E-state index contributed by atoms with van der Waals surface area (Å²) in [7, 11) is 0. The van der Waals surface area contributed by atoms with Crippen LogP contribution in [0.4, 0.5) is 10.5 Å². The number of benzene rings is 1. The van der Waals surface area contributed by atoms with Crippen molar-refractivity contribution < 1.29 is 9.53 Å². The number of nitrogens with one attached hydrogen (secondary N) is 2. The minimum absolute atomic E-state index is 0.143. The van der Waals surface area contributed by atoms with E-state index < -0.39 is 0 Å². The highest BCUT2D eigenvalue weighted by atomic mass is 32.2. The van der Waals surface area contributed by atoms with Gasteiger partial charge in [-0.2, -0.15) is 0 Å². The van der Waals surface area contributed by atoms with Gasteiger partial charge in [0.25, 0.3) is 0 Å². The van der Waals surface area contributed by atoms with E-state index in [-0.39, 0.29) is 6.03 Å². The first kappa shape index (κ1) is 17.0. The van der Waals surface area contributed by atoms with E-state index in [0.29, 0.717) is 11.1 Å². The molecule has 1 saturated heterocycles. The third-order valence-electron chi connectivity index (χ3n) is 3.84. The first-order valence-electron chi connectivity index (χ1n) is 8.27. The summed E-state index contributed by atoms with van der Waals surface area (Å²) in [6, 6.07) is 8.02. The second-order valence-electron chi connectivity index (χ2n) is 5.95. The number of ether oxygens (including phenoxy) is 1. The fourth-order valence-corrected chi connectivity index (χ4v) is 5.24. The Morgan fingerprint density at radius 3 is 2.87 bits per heavy atom. The Hall–Kier alpha value is -0.850. The molecule has 0 aromatic heterocycles. The molecule has 1 aromatic carbocycles. The predicted molar refractivity (Wildman–Crippen MR) is 99.3 cm³/mol. The molecule has 1 aromatic rings. The van der Waals surface area contributed by atoms with E-state index in [1.54, 1.807) is 0 Å². The summed E-state index contributed by atoms with van der Waals surface area (Å²) >= 11 is 3.94. The summed E-state index contributed by atoms with van der Waals surface area (Å²) < 4.78 is 6.06. The van der Waals surface area contributed by atoms with Crippen molar-refractivity contribution in [3.05, 3.63) is 29.8 Å². The lowest BCUT2D eigenvalue weighted by Gasteiger charge is -2.12. The molecule has 0 unspecified atom stereocenters. The molecule has 1 aliphatic heterocycles. The van der Waals surface area contributed by atoms with Gasteiger partial charge < -0.3 is 15.4 Å². The van der Waals surface area contributed by atoms with Crippen LogP contribution >= 0.6 is 23.5 Å². The van der Waals surface area contributed by atoms with Crippen molar-refractivity contribution in [3.8, 4) is 0 Å². The van der Waals surface area contributed by atoms with Crippen LogP contribution in [-0.2, 0) is 4.74 Å². The monoisotopic (exact) mass is 352 g/mol. The molecule has 4 nitrogen and oxygen atoms in total. The highest BCUT2D eigenvalue weighted by Gasteiger charge is 2.21. The van der Waals surface area contributed by atoms with Gasteiger partial charge in [0.2, 0.25) is 0 Å². The molecule has 0 atom stereocenters. The van der Waals surface area contributed by atoms with Crippen molar-refractivity contribution in [1.82, 2.24) is 5.32 Å². The van der Waals surface area contributed by atoms with Crippen LogP contribution in [-0.4, -0.2) is 37.3 Å². The van der Waals surface area contributed by atoms with Gasteiger partial charge in [-0.1, -0.05) is 12.1 Å². The van der Waals surface area contributed by atoms with E-state index in [9.17, 15) is 4.79 Å². The average molecular weight is 353 g/mol. The zero-order valence-electron chi connectivity index (χ0n) is 13.3. The molecule has 1 aliphatic carbocycles. The Morgan fingerprint density at radius 1 is 1.26 bits per heavy atom. The van der Waals surface area contributed by atoms with Gasteiger partial charge in [0.05, 0.1) is 4.58 Å². The standard InChI is InChI=1S/C17H24N2O2S2/c20-17(18-7-2-8-21-12-13-5-6-13)19-15-4-1-3-14(11-15)16-22-9-10-23-16/h1,3-4,11,13,16H,2,5-10,12H2,(H2,18,19,20). The van der Waals surface area contributed by atoms with Crippen molar-refractivity contribution in [2.45, 2.75) is 23.8 Å². The van der Waals surface area contributed by atoms with Gasteiger partial charge in [-0.15, -0.1) is 23.5 Å². The molecule has 0 spiro atoms. The molecule has 23 heavy (non-hydrogen) atoms. The fourth-order valence-electron chi connectivity index (χ4n) is 2.40. The lowest BCUT2D eigenvalue weighted by Crippen LogP contribution is -2.30. The Labute approximate surface area is 146 Å². The highest BCUT2D eigenvalue weighted by molar-refractivity contribution is 8.19. The molecule has 2 N–H and O–H groups in total. The van der Waals surface area contributed by atoms with E-state index in [1.165, 1.54) is 29.9 Å². The Kier molecular flexibility index (Phi) is 6.54. The molecule has 2 aliphatic rings. The maximum atomic E-state index is 11.9. The van der Waals surface area contributed by atoms with Crippen LogP contribution in [0.15, 0.2) is 24.3 Å². The predicted octanol–water partition coefficient (Wildman–Crippen LogP) is 4.10. The van der Waals surface area contributed by atoms with E-state index in [4.69, 9.17) is 4.74 Å². The lowest BCUT2D eigenvalue weighted by molar-refractivity contribution is 0.122. The third-order valence-corrected chi connectivity index (χ3v) is 6.94. The van der Waals surface area contributed by atoms with Gasteiger partial charge in [0.15, 0.2) is 0 Å². The zero-order valence-corrected chi connectivity index (χ0v) is 14.9. The third kappa shape index (κ3) is 5.94. The normalized spacial score (nSPS) is 18.1. The van der Waals surface area contributed by atoms with Crippen LogP contribution in [0.1, 0.15) is 29.4 Å². The molecule has 2 fully saturated rings. The van der Waals surface area contributed by atoms with E-state index in [2.05, 4.69) is 22.8 Å². The molecule has 2 amide bonds. The number of rotatable bonds is 8. The van der Waals surface area contributed by atoms with Crippen molar-refractivity contribution in [2.24, 2.45) is 5.92 Å². The summed E-state index contributed by atoms with van der Waals surface area (Å²) in [6.45, 7) is 2.25. The minimum atomic E-state index is -0.143. The molecule has 126 valence electrons. The molecule has 0 radical (unpaired) electrons. The summed E-state index contributed by atoms with van der Waals surface area (Å²) in [5.74, 6) is 3.21. The Morgan fingerprint density at radius 2 is 2.09 bits per heavy atom. The molecule has 1 heterocycles. The SMILES string of the molecule is O=C(NCCCOCC1CC1)Nc1cccc(C2SCCS2)c1. The maximum absolute atomic E-state index is 11.9. The summed E-state index contributed by atoms with van der Waals surface area (Å²) in [5.41, 5.74) is 2.14. The maximum Gasteiger partial charge on any atom is 0.319 e. The van der Waals surface area contributed by atoms with Gasteiger partial charge in [0.1, 0.15) is 0 Å². The number of hydrogen-bond acceptors (Lipinski definition) is 4. The summed E-state index contributed by atoms with van der Waals surface area (Å²) in [6.07, 6.45) is 3.49. The van der Waals surface area contributed by atoms with Gasteiger partial charge in [-0.05, 0) is 42.9 Å². The first-order valence-corrected chi connectivity index (χ1v) is 10.4. The molecular weight excluding hydrogens is 328 g/mol. The molecule has 6 heteroatoms. The largest absolute Gasteiger partial charge is 0.381 e. The number of anilines is 1. The minimum Gasteiger partial charge on any atom is -0.381 e. The number of thioether (sulfide) groups is 2. The van der Waals surface area contributed by atoms with Crippen molar-refractivity contribution in [3.63, 3.8) is 0 Å². The van der Waals surface area contributed by atoms with E-state index in [1.807, 2.05) is 35.7 Å². The van der Waals surface area contributed by atoms with E-state index >= 15 is 0 Å². The van der Waals surface area contributed by atoms with Crippen LogP contribution in [0.25, 0.3) is 0 Å². The van der Waals surface area contributed by atoms with Crippen LogP contribution in [0.2, 0.25) is 0 Å². The second-order valence-corrected chi connectivity index (χ2v) is 8.68. The van der Waals surface area contributed by atoms with Crippen molar-refractivity contribution >= 4 is 35.2 Å². The number of carbonyl (C=O) groups is 1. The van der Waals surface area contributed by atoms with Crippen LogP contribution < -0.4 is 10.6 Å². The topological polar surface area (TPSA) is 50.4 Å². The smallest absolute Gasteiger partial charge is 0.319 e. The highest BCUT2D eigenvalue weighted by Crippen LogP contribution is 2.45. The van der Waals surface area contributed by atoms with E-state index in [0.717, 1.165) is 31.2 Å². The van der Waals surface area contributed by atoms with Crippen LogP contribution in [0.3, 0.4) is 0 Å². The molecule has 3 rings (SSSR count). The molecule has 0 bridgehead atoms. The number of urea groups is 1. The number of hydrogen-bond donors (Lipinski definition) is 2. The van der Waals surface area contributed by atoms with Crippen molar-refractivity contribution in [2.75, 3.05) is 36.6 Å².